The van der Waals surface area contributed by atoms with Crippen molar-refractivity contribution in [2.24, 2.45) is 0 Å². The van der Waals surface area contributed by atoms with E-state index in [4.69, 9.17) is 19.9 Å². The molecule has 2 aromatic heterocycles. The zero-order chi connectivity index (χ0) is 20.6. The van der Waals surface area contributed by atoms with Crippen LogP contribution in [0.5, 0.6) is 5.75 Å². The number of hydrogen-bond acceptors (Lipinski definition) is 9. The first-order chi connectivity index (χ1) is 14.2. The number of nitrogens with zero attached hydrogens (tertiary/aromatic N) is 4. The van der Waals surface area contributed by atoms with Crippen molar-refractivity contribution in [2.75, 3.05) is 38.4 Å². The molecule has 1 aliphatic heterocycles. The molecular weight excluding hydrogens is 390 g/mol. The van der Waals surface area contributed by atoms with Crippen molar-refractivity contribution in [3.05, 3.63) is 29.5 Å². The first kappa shape index (κ1) is 20.9. The first-order valence-electron chi connectivity index (χ1n) is 9.14. The van der Waals surface area contributed by atoms with E-state index in [2.05, 4.69) is 22.1 Å². The van der Waals surface area contributed by atoms with Gasteiger partial charge in [-0.3, -0.25) is 4.98 Å². The van der Waals surface area contributed by atoms with Crippen LogP contribution in [-0.2, 0) is 9.47 Å². The van der Waals surface area contributed by atoms with Gasteiger partial charge in [-0.15, -0.1) is 11.8 Å². The molecule has 3 heterocycles. The molecule has 3 rings (SSSR count). The Morgan fingerprint density at radius 1 is 1.28 bits per heavy atom. The molecule has 1 saturated heterocycles. The summed E-state index contributed by atoms with van der Waals surface area (Å²) >= 11 is 1.41. The quantitative estimate of drug-likeness (QED) is 0.515. The predicted octanol–water partition coefficient (Wildman–Crippen LogP) is 2.77. The van der Waals surface area contributed by atoms with Gasteiger partial charge in [0.15, 0.2) is 0 Å². The molecule has 1 fully saturated rings. The SMILES string of the molecule is COCCOc1ccc(-c2c(C#N)c(N)nc(SCC3CCCO3)c2C#N)nc1. The fourth-order valence-corrected chi connectivity index (χ4v) is 4.02. The third kappa shape index (κ3) is 4.96. The first-order valence-corrected chi connectivity index (χ1v) is 10.1. The number of anilines is 1. The summed E-state index contributed by atoms with van der Waals surface area (Å²) in [5, 5.41) is 19.9. The van der Waals surface area contributed by atoms with Crippen LogP contribution in [0.25, 0.3) is 11.3 Å². The molecule has 0 aliphatic carbocycles. The molecule has 0 bridgehead atoms. The highest BCUT2D eigenvalue weighted by Crippen LogP contribution is 2.36. The second-order valence-electron chi connectivity index (χ2n) is 6.32. The average molecular weight is 411 g/mol. The molecule has 29 heavy (non-hydrogen) atoms. The second kappa shape index (κ2) is 10.1. The zero-order valence-electron chi connectivity index (χ0n) is 16.1. The molecule has 0 radical (unpaired) electrons. The Hall–Kier alpha value is -2.85. The lowest BCUT2D eigenvalue weighted by Crippen LogP contribution is -2.10. The summed E-state index contributed by atoms with van der Waals surface area (Å²) in [6.45, 7) is 1.62. The molecule has 0 spiro atoms. The van der Waals surface area contributed by atoms with Gasteiger partial charge in [-0.25, -0.2) is 4.98 Å². The number of ether oxygens (including phenoxy) is 3. The van der Waals surface area contributed by atoms with Gasteiger partial charge in [0, 0.05) is 25.0 Å². The van der Waals surface area contributed by atoms with E-state index in [1.807, 2.05) is 0 Å². The van der Waals surface area contributed by atoms with Gasteiger partial charge in [-0.1, -0.05) is 0 Å². The van der Waals surface area contributed by atoms with Gasteiger partial charge in [0.1, 0.15) is 40.9 Å². The number of thioether (sulfide) groups is 1. The minimum atomic E-state index is 0.0820. The number of aromatic nitrogens is 2. The molecule has 8 nitrogen and oxygen atoms in total. The van der Waals surface area contributed by atoms with Gasteiger partial charge in [-0.2, -0.15) is 10.5 Å². The van der Waals surface area contributed by atoms with Gasteiger partial charge in [0.25, 0.3) is 0 Å². The van der Waals surface area contributed by atoms with E-state index < -0.39 is 0 Å². The minimum Gasteiger partial charge on any atom is -0.490 e. The van der Waals surface area contributed by atoms with E-state index in [1.165, 1.54) is 11.8 Å². The Balaban J connectivity index is 1.93. The number of rotatable bonds is 8. The molecular formula is C20H21N5O3S. The van der Waals surface area contributed by atoms with Crippen molar-refractivity contribution in [2.45, 2.75) is 24.0 Å². The van der Waals surface area contributed by atoms with E-state index in [9.17, 15) is 10.5 Å². The molecule has 0 aromatic carbocycles. The van der Waals surface area contributed by atoms with E-state index in [-0.39, 0.29) is 17.5 Å². The number of methoxy groups -OCH3 is 1. The lowest BCUT2D eigenvalue weighted by Gasteiger charge is -2.14. The molecule has 1 aliphatic rings. The van der Waals surface area contributed by atoms with Crippen LogP contribution in [-0.4, -0.2) is 48.8 Å². The van der Waals surface area contributed by atoms with Crippen LogP contribution in [0.4, 0.5) is 5.82 Å². The topological polar surface area (TPSA) is 127 Å². The van der Waals surface area contributed by atoms with Crippen molar-refractivity contribution in [1.29, 1.82) is 10.5 Å². The Labute approximate surface area is 173 Å². The Morgan fingerprint density at radius 3 is 2.72 bits per heavy atom. The van der Waals surface area contributed by atoms with Crippen molar-refractivity contribution in [3.8, 4) is 29.1 Å². The highest BCUT2D eigenvalue weighted by atomic mass is 32.2. The third-order valence-corrected chi connectivity index (χ3v) is 5.50. The molecule has 2 N–H and O–H groups in total. The minimum absolute atomic E-state index is 0.0820. The van der Waals surface area contributed by atoms with E-state index in [0.717, 1.165) is 19.4 Å². The Bertz CT molecular complexity index is 931. The number of nitrogen functional groups attached to an aromatic ring is 1. The maximum absolute atomic E-state index is 9.81. The lowest BCUT2D eigenvalue weighted by atomic mass is 10.0. The van der Waals surface area contributed by atoms with Gasteiger partial charge in [0.05, 0.1) is 30.2 Å². The molecule has 0 saturated carbocycles. The summed E-state index contributed by atoms with van der Waals surface area (Å²) in [4.78, 5) is 8.68. The average Bonchev–Trinajstić information content (AvgIpc) is 3.26. The van der Waals surface area contributed by atoms with Crippen molar-refractivity contribution in [3.63, 3.8) is 0 Å². The van der Waals surface area contributed by atoms with Gasteiger partial charge >= 0.3 is 0 Å². The maximum Gasteiger partial charge on any atom is 0.143 e. The summed E-state index contributed by atoms with van der Waals surface area (Å²) in [6.07, 6.45) is 3.70. The molecule has 1 atom stereocenters. The molecule has 0 amide bonds. The Kier molecular flexibility index (Phi) is 7.25. The highest BCUT2D eigenvalue weighted by Gasteiger charge is 2.23. The van der Waals surface area contributed by atoms with Gasteiger partial charge in [0.2, 0.25) is 0 Å². The largest absolute Gasteiger partial charge is 0.490 e. The Morgan fingerprint density at radius 2 is 2.10 bits per heavy atom. The van der Waals surface area contributed by atoms with Crippen LogP contribution >= 0.6 is 11.8 Å². The van der Waals surface area contributed by atoms with Crippen LogP contribution < -0.4 is 10.5 Å². The van der Waals surface area contributed by atoms with E-state index in [0.29, 0.717) is 46.6 Å². The monoisotopic (exact) mass is 411 g/mol. The summed E-state index contributed by atoms with van der Waals surface area (Å²) in [6, 6.07) is 7.67. The summed E-state index contributed by atoms with van der Waals surface area (Å²) in [5.74, 6) is 1.32. The fourth-order valence-electron chi connectivity index (χ4n) is 2.96. The molecule has 150 valence electrons. The second-order valence-corrected chi connectivity index (χ2v) is 7.33. The fraction of sp³-hybridized carbons (Fsp3) is 0.400. The van der Waals surface area contributed by atoms with Crippen LogP contribution in [0.3, 0.4) is 0 Å². The van der Waals surface area contributed by atoms with Crippen LogP contribution in [0.2, 0.25) is 0 Å². The number of nitrogens with two attached hydrogens (primary N) is 1. The number of hydrogen-bond donors (Lipinski definition) is 1. The van der Waals surface area contributed by atoms with Crippen molar-refractivity contribution >= 4 is 17.6 Å². The van der Waals surface area contributed by atoms with Crippen LogP contribution in [0.1, 0.15) is 24.0 Å². The molecule has 1 unspecified atom stereocenters. The zero-order valence-corrected chi connectivity index (χ0v) is 16.9. The normalized spacial score (nSPS) is 15.6. The van der Waals surface area contributed by atoms with Gasteiger partial charge in [-0.05, 0) is 25.0 Å². The maximum atomic E-state index is 9.81. The van der Waals surface area contributed by atoms with E-state index in [1.54, 1.807) is 25.4 Å². The van der Waals surface area contributed by atoms with Gasteiger partial charge < -0.3 is 19.9 Å². The summed E-state index contributed by atoms with van der Waals surface area (Å²) in [7, 11) is 1.60. The van der Waals surface area contributed by atoms with Crippen molar-refractivity contribution in [1.82, 2.24) is 9.97 Å². The van der Waals surface area contributed by atoms with Crippen LogP contribution in [0.15, 0.2) is 23.4 Å². The van der Waals surface area contributed by atoms with Crippen LogP contribution in [0, 0.1) is 22.7 Å². The van der Waals surface area contributed by atoms with Crippen molar-refractivity contribution < 1.29 is 14.2 Å². The summed E-state index contributed by atoms with van der Waals surface area (Å²) < 4.78 is 16.1. The highest BCUT2D eigenvalue weighted by molar-refractivity contribution is 7.99. The lowest BCUT2D eigenvalue weighted by molar-refractivity contribution is 0.129. The number of pyridine rings is 2. The summed E-state index contributed by atoms with van der Waals surface area (Å²) in [5.41, 5.74) is 7.32. The smallest absolute Gasteiger partial charge is 0.143 e. The third-order valence-electron chi connectivity index (χ3n) is 4.39. The predicted molar refractivity (Wildman–Crippen MR) is 108 cm³/mol. The molecule has 9 heteroatoms. The van der Waals surface area contributed by atoms with E-state index >= 15 is 0 Å². The molecule has 2 aromatic rings. The number of nitriles is 2. The standard InChI is InChI=1S/C20H21N5O3S/c1-26-7-8-28-13-4-5-17(24-11-13)18-15(9-21)19(23)25-20(16(18)10-22)29-12-14-3-2-6-27-14/h4-5,11,14H,2-3,6-8,12H2,1H3,(H2,23,25).